The average molecular weight is 203 g/mol. The summed E-state index contributed by atoms with van der Waals surface area (Å²) in [4.78, 5) is 4.08. The lowest BCUT2D eigenvalue weighted by molar-refractivity contribution is 0.496. The number of hydrogen-bond acceptors (Lipinski definition) is 2. The Balaban J connectivity index is 1.97. The Morgan fingerprint density at radius 1 is 1.53 bits per heavy atom. The van der Waals surface area contributed by atoms with Gasteiger partial charge in [-0.25, -0.2) is 4.98 Å². The number of nitrogens with zero attached hydrogens (tertiary/aromatic N) is 3. The molecular weight excluding hydrogens is 186 g/mol. The van der Waals surface area contributed by atoms with Crippen molar-refractivity contribution in [3.05, 3.63) is 17.7 Å². The molecule has 1 saturated carbocycles. The summed E-state index contributed by atoms with van der Waals surface area (Å²) in [5.41, 5.74) is 1.71. The van der Waals surface area contributed by atoms with Gasteiger partial charge in [-0.15, -0.1) is 0 Å². The molecule has 0 saturated heterocycles. The fourth-order valence-corrected chi connectivity index (χ4v) is 2.48. The van der Waals surface area contributed by atoms with Crippen molar-refractivity contribution in [1.29, 1.82) is 5.26 Å². The molecule has 0 radical (unpaired) electrons. The molecule has 3 nitrogen and oxygen atoms in total. The molecule has 80 valence electrons. The number of rotatable bonds is 3. The number of nitriles is 1. The maximum Gasteiger partial charge on any atom is 0.161 e. The van der Waals surface area contributed by atoms with Crippen LogP contribution < -0.4 is 0 Å². The molecule has 0 amide bonds. The molecule has 0 aromatic carbocycles. The summed E-state index contributed by atoms with van der Waals surface area (Å²) in [5, 5.41) is 8.90. The Kier molecular flexibility index (Phi) is 3.05. The van der Waals surface area contributed by atoms with Crippen molar-refractivity contribution in [2.75, 3.05) is 0 Å². The van der Waals surface area contributed by atoms with Gasteiger partial charge in [-0.3, -0.25) is 0 Å². The summed E-state index contributed by atoms with van der Waals surface area (Å²) in [6, 6.07) is 2.16. The lowest BCUT2D eigenvalue weighted by Crippen LogP contribution is -2.02. The SMILES string of the molecule is Cn1cnc(C#N)c1CCC1CCCC1. The number of aryl methyl sites for hydroxylation is 1. The number of imidazole rings is 1. The van der Waals surface area contributed by atoms with E-state index in [4.69, 9.17) is 5.26 Å². The van der Waals surface area contributed by atoms with Gasteiger partial charge in [0.2, 0.25) is 0 Å². The number of hydrogen-bond donors (Lipinski definition) is 0. The van der Waals surface area contributed by atoms with Crippen LogP contribution in [0.5, 0.6) is 0 Å². The predicted molar refractivity (Wildman–Crippen MR) is 58.2 cm³/mol. The molecule has 3 heteroatoms. The van der Waals surface area contributed by atoms with Crippen LogP contribution in [0.1, 0.15) is 43.5 Å². The highest BCUT2D eigenvalue weighted by Gasteiger charge is 2.16. The molecule has 0 unspecified atom stereocenters. The summed E-state index contributed by atoms with van der Waals surface area (Å²) in [6.07, 6.45) is 9.49. The van der Waals surface area contributed by atoms with E-state index in [1.54, 1.807) is 6.33 Å². The number of aromatic nitrogens is 2. The second-order valence-electron chi connectivity index (χ2n) is 4.45. The maximum atomic E-state index is 8.90. The third-order valence-corrected chi connectivity index (χ3v) is 3.43. The molecule has 1 aliphatic rings. The summed E-state index contributed by atoms with van der Waals surface area (Å²) < 4.78 is 1.98. The minimum absolute atomic E-state index is 0.607. The van der Waals surface area contributed by atoms with Crippen molar-refractivity contribution in [2.24, 2.45) is 13.0 Å². The minimum Gasteiger partial charge on any atom is -0.336 e. The normalized spacial score (nSPS) is 16.8. The quantitative estimate of drug-likeness (QED) is 0.757. The first kappa shape index (κ1) is 10.2. The summed E-state index contributed by atoms with van der Waals surface area (Å²) in [5.74, 6) is 0.881. The van der Waals surface area contributed by atoms with E-state index >= 15 is 0 Å². The molecule has 0 spiro atoms. The highest BCUT2D eigenvalue weighted by molar-refractivity contribution is 5.26. The van der Waals surface area contributed by atoms with Crippen molar-refractivity contribution < 1.29 is 0 Å². The van der Waals surface area contributed by atoms with Crippen molar-refractivity contribution in [2.45, 2.75) is 38.5 Å². The van der Waals surface area contributed by atoms with Gasteiger partial charge in [0.15, 0.2) is 5.69 Å². The van der Waals surface area contributed by atoms with Gasteiger partial charge in [0.1, 0.15) is 6.07 Å². The van der Waals surface area contributed by atoms with E-state index in [0.717, 1.165) is 18.0 Å². The van der Waals surface area contributed by atoms with Gasteiger partial charge in [0, 0.05) is 7.05 Å². The Bertz CT molecular complexity index is 367. The largest absolute Gasteiger partial charge is 0.336 e. The zero-order valence-electron chi connectivity index (χ0n) is 9.24. The Labute approximate surface area is 90.7 Å². The Morgan fingerprint density at radius 3 is 2.93 bits per heavy atom. The zero-order valence-corrected chi connectivity index (χ0v) is 9.24. The van der Waals surface area contributed by atoms with Crippen LogP contribution >= 0.6 is 0 Å². The molecule has 15 heavy (non-hydrogen) atoms. The third kappa shape index (κ3) is 2.20. The van der Waals surface area contributed by atoms with Crippen molar-refractivity contribution in [3.63, 3.8) is 0 Å². The van der Waals surface area contributed by atoms with Gasteiger partial charge >= 0.3 is 0 Å². The fraction of sp³-hybridized carbons (Fsp3) is 0.667. The molecule has 1 aromatic rings. The molecular formula is C12H17N3. The van der Waals surface area contributed by atoms with E-state index in [-0.39, 0.29) is 0 Å². The van der Waals surface area contributed by atoms with E-state index in [9.17, 15) is 0 Å². The highest BCUT2D eigenvalue weighted by Crippen LogP contribution is 2.28. The van der Waals surface area contributed by atoms with Crippen molar-refractivity contribution in [1.82, 2.24) is 9.55 Å². The van der Waals surface area contributed by atoms with Crippen LogP contribution in [0.3, 0.4) is 0 Å². The van der Waals surface area contributed by atoms with Crippen LogP contribution in [0.4, 0.5) is 0 Å². The topological polar surface area (TPSA) is 41.6 Å². The van der Waals surface area contributed by atoms with E-state index in [2.05, 4.69) is 11.1 Å². The molecule has 0 aliphatic heterocycles. The van der Waals surface area contributed by atoms with Crippen LogP contribution in [0, 0.1) is 17.2 Å². The Morgan fingerprint density at radius 2 is 2.27 bits per heavy atom. The Hall–Kier alpha value is -1.30. The molecule has 2 rings (SSSR count). The standard InChI is InChI=1S/C12H17N3/c1-15-9-14-11(8-13)12(15)7-6-10-4-2-3-5-10/h9-10H,2-7H2,1H3. The predicted octanol–water partition coefficient (Wildman–Crippen LogP) is 2.41. The van der Waals surface area contributed by atoms with E-state index < -0.39 is 0 Å². The van der Waals surface area contributed by atoms with Gasteiger partial charge in [-0.2, -0.15) is 5.26 Å². The van der Waals surface area contributed by atoms with Gasteiger partial charge in [0.25, 0.3) is 0 Å². The minimum atomic E-state index is 0.607. The van der Waals surface area contributed by atoms with Gasteiger partial charge in [-0.1, -0.05) is 25.7 Å². The monoisotopic (exact) mass is 203 g/mol. The maximum absolute atomic E-state index is 8.90. The van der Waals surface area contributed by atoms with Crippen LogP contribution in [0.2, 0.25) is 0 Å². The third-order valence-electron chi connectivity index (χ3n) is 3.43. The van der Waals surface area contributed by atoms with Crippen LogP contribution in [-0.4, -0.2) is 9.55 Å². The second-order valence-corrected chi connectivity index (χ2v) is 4.45. The van der Waals surface area contributed by atoms with E-state index in [1.807, 2.05) is 11.6 Å². The highest BCUT2D eigenvalue weighted by atomic mass is 15.0. The van der Waals surface area contributed by atoms with Crippen LogP contribution in [-0.2, 0) is 13.5 Å². The molecule has 1 fully saturated rings. The lowest BCUT2D eigenvalue weighted by atomic mass is 10.00. The fourth-order valence-electron chi connectivity index (χ4n) is 2.48. The summed E-state index contributed by atoms with van der Waals surface area (Å²) in [7, 11) is 1.97. The molecule has 0 atom stereocenters. The van der Waals surface area contributed by atoms with Crippen molar-refractivity contribution in [3.8, 4) is 6.07 Å². The second kappa shape index (κ2) is 4.48. The average Bonchev–Trinajstić information content (AvgIpc) is 2.84. The van der Waals surface area contributed by atoms with Crippen LogP contribution in [0.15, 0.2) is 6.33 Å². The first-order chi connectivity index (χ1) is 7.31. The molecule has 0 N–H and O–H groups in total. The summed E-state index contributed by atoms with van der Waals surface area (Å²) in [6.45, 7) is 0. The first-order valence-corrected chi connectivity index (χ1v) is 5.71. The first-order valence-electron chi connectivity index (χ1n) is 5.71. The van der Waals surface area contributed by atoms with E-state index in [0.29, 0.717) is 5.69 Å². The molecule has 0 bridgehead atoms. The van der Waals surface area contributed by atoms with Gasteiger partial charge in [-0.05, 0) is 18.8 Å². The zero-order chi connectivity index (χ0) is 10.7. The molecule has 1 aliphatic carbocycles. The molecule has 1 heterocycles. The van der Waals surface area contributed by atoms with E-state index in [1.165, 1.54) is 32.1 Å². The lowest BCUT2D eigenvalue weighted by Gasteiger charge is -2.08. The van der Waals surface area contributed by atoms with Gasteiger partial charge in [0.05, 0.1) is 12.0 Å². The van der Waals surface area contributed by atoms with Crippen molar-refractivity contribution >= 4 is 0 Å². The van der Waals surface area contributed by atoms with Crippen LogP contribution in [0.25, 0.3) is 0 Å². The molecule has 1 aromatic heterocycles. The van der Waals surface area contributed by atoms with Gasteiger partial charge < -0.3 is 4.57 Å². The smallest absolute Gasteiger partial charge is 0.161 e. The summed E-state index contributed by atoms with van der Waals surface area (Å²) >= 11 is 0.